The van der Waals surface area contributed by atoms with Crippen molar-refractivity contribution < 1.29 is 13.3 Å². The van der Waals surface area contributed by atoms with Gasteiger partial charge in [0.25, 0.3) is 5.69 Å². The summed E-state index contributed by atoms with van der Waals surface area (Å²) < 4.78 is 26.5. The normalized spacial score (nSPS) is 12.8. The molecule has 2 aromatic rings. The van der Waals surface area contributed by atoms with E-state index in [1.807, 2.05) is 20.8 Å². The Morgan fingerprint density at radius 3 is 2.19 bits per heavy atom. The van der Waals surface area contributed by atoms with Crippen LogP contribution in [0.1, 0.15) is 37.9 Å². The fourth-order valence-electron chi connectivity index (χ4n) is 2.92. The zero-order valence-corrected chi connectivity index (χ0v) is 16.8. The molecule has 146 valence electrons. The van der Waals surface area contributed by atoms with Gasteiger partial charge in [0.15, 0.2) is 0 Å². The van der Waals surface area contributed by atoms with Crippen LogP contribution in [0.15, 0.2) is 47.4 Å². The van der Waals surface area contributed by atoms with Gasteiger partial charge < -0.3 is 5.32 Å². The number of nitro groups is 1. The van der Waals surface area contributed by atoms with E-state index in [0.29, 0.717) is 18.7 Å². The Morgan fingerprint density at radius 2 is 1.70 bits per heavy atom. The van der Waals surface area contributed by atoms with E-state index in [2.05, 4.69) is 5.32 Å². The molecule has 1 atom stereocenters. The Morgan fingerprint density at radius 1 is 1.11 bits per heavy atom. The molecule has 0 fully saturated rings. The molecule has 0 amide bonds. The van der Waals surface area contributed by atoms with Crippen LogP contribution in [0.3, 0.4) is 0 Å². The molecule has 0 aliphatic carbocycles. The second-order valence-electron chi connectivity index (χ2n) is 6.28. The number of hydrogen-bond donors (Lipinski definition) is 1. The summed E-state index contributed by atoms with van der Waals surface area (Å²) in [7, 11) is -3.47. The standard InChI is InChI=1S/C19H25N3O4S/c1-5-21(6-2)27(25,26)18-10-7-16(8-11-18)15(4)20-17-9-12-19(22(23)24)14(3)13-17/h7-13,15,20H,5-6H2,1-4H3. The molecule has 1 unspecified atom stereocenters. The molecule has 27 heavy (non-hydrogen) atoms. The van der Waals surface area contributed by atoms with Gasteiger partial charge in [-0.1, -0.05) is 26.0 Å². The average Bonchev–Trinajstić information content (AvgIpc) is 2.62. The van der Waals surface area contributed by atoms with Crippen molar-refractivity contribution in [2.24, 2.45) is 0 Å². The van der Waals surface area contributed by atoms with Gasteiger partial charge in [-0.2, -0.15) is 4.31 Å². The van der Waals surface area contributed by atoms with Crippen molar-refractivity contribution in [1.29, 1.82) is 0 Å². The van der Waals surface area contributed by atoms with Crippen molar-refractivity contribution in [3.8, 4) is 0 Å². The minimum Gasteiger partial charge on any atom is -0.379 e. The Bertz CT molecular complexity index is 907. The highest BCUT2D eigenvalue weighted by Crippen LogP contribution is 2.26. The van der Waals surface area contributed by atoms with Crippen molar-refractivity contribution in [1.82, 2.24) is 4.31 Å². The van der Waals surface area contributed by atoms with Crippen LogP contribution in [0.4, 0.5) is 11.4 Å². The van der Waals surface area contributed by atoms with Gasteiger partial charge in [-0.15, -0.1) is 0 Å². The minimum atomic E-state index is -3.47. The smallest absolute Gasteiger partial charge is 0.272 e. The number of rotatable bonds is 8. The van der Waals surface area contributed by atoms with E-state index in [0.717, 1.165) is 11.3 Å². The van der Waals surface area contributed by atoms with Gasteiger partial charge in [-0.3, -0.25) is 10.1 Å². The maximum atomic E-state index is 12.5. The number of anilines is 1. The summed E-state index contributed by atoms with van der Waals surface area (Å²) in [6.45, 7) is 8.13. The molecule has 0 aliphatic heterocycles. The predicted octanol–water partition coefficient (Wildman–Crippen LogP) is 4.11. The van der Waals surface area contributed by atoms with Crippen LogP contribution in [0, 0.1) is 17.0 Å². The van der Waals surface area contributed by atoms with Crippen LogP contribution >= 0.6 is 0 Å². The fourth-order valence-corrected chi connectivity index (χ4v) is 4.38. The summed E-state index contributed by atoms with van der Waals surface area (Å²) in [5.74, 6) is 0. The van der Waals surface area contributed by atoms with E-state index in [1.54, 1.807) is 43.3 Å². The number of sulfonamides is 1. The van der Waals surface area contributed by atoms with E-state index in [-0.39, 0.29) is 16.6 Å². The number of aryl methyl sites for hydroxylation is 1. The first kappa shape index (κ1) is 20.9. The number of nitro benzene ring substituents is 1. The lowest BCUT2D eigenvalue weighted by molar-refractivity contribution is -0.385. The summed E-state index contributed by atoms with van der Waals surface area (Å²) >= 11 is 0. The van der Waals surface area contributed by atoms with Gasteiger partial charge in [-0.05, 0) is 43.7 Å². The predicted molar refractivity (Wildman–Crippen MR) is 106 cm³/mol. The van der Waals surface area contributed by atoms with Crippen LogP contribution in [0.5, 0.6) is 0 Å². The first-order valence-corrected chi connectivity index (χ1v) is 10.3. The van der Waals surface area contributed by atoms with Crippen LogP contribution in [-0.4, -0.2) is 30.7 Å². The van der Waals surface area contributed by atoms with Crippen LogP contribution < -0.4 is 5.32 Å². The van der Waals surface area contributed by atoms with Crippen molar-refractivity contribution in [2.45, 2.75) is 38.6 Å². The third kappa shape index (κ3) is 4.64. The number of benzene rings is 2. The summed E-state index contributed by atoms with van der Waals surface area (Å²) in [6.07, 6.45) is 0. The molecule has 8 heteroatoms. The molecule has 0 aliphatic rings. The molecule has 2 rings (SSSR count). The Kier molecular flexibility index (Phi) is 6.56. The fraction of sp³-hybridized carbons (Fsp3) is 0.368. The molecule has 0 spiro atoms. The average molecular weight is 391 g/mol. The molecule has 0 bridgehead atoms. The van der Waals surface area contributed by atoms with Gasteiger partial charge >= 0.3 is 0 Å². The van der Waals surface area contributed by atoms with Gasteiger partial charge in [0.1, 0.15) is 0 Å². The van der Waals surface area contributed by atoms with Crippen molar-refractivity contribution in [2.75, 3.05) is 18.4 Å². The molecule has 0 heterocycles. The first-order valence-electron chi connectivity index (χ1n) is 8.82. The van der Waals surface area contributed by atoms with E-state index in [9.17, 15) is 18.5 Å². The molecule has 0 saturated heterocycles. The summed E-state index contributed by atoms with van der Waals surface area (Å²) in [6, 6.07) is 11.6. The van der Waals surface area contributed by atoms with Gasteiger partial charge in [-0.25, -0.2) is 8.42 Å². The van der Waals surface area contributed by atoms with E-state index < -0.39 is 14.9 Å². The molecule has 0 saturated carbocycles. The Labute approximate surface area is 160 Å². The third-order valence-corrected chi connectivity index (χ3v) is 6.56. The maximum Gasteiger partial charge on any atom is 0.272 e. The zero-order chi connectivity index (χ0) is 20.2. The third-order valence-electron chi connectivity index (χ3n) is 4.50. The number of hydrogen-bond acceptors (Lipinski definition) is 5. The Balaban J connectivity index is 2.17. The van der Waals surface area contributed by atoms with Gasteiger partial charge in [0.2, 0.25) is 10.0 Å². The van der Waals surface area contributed by atoms with Crippen LogP contribution in [-0.2, 0) is 10.0 Å². The first-order chi connectivity index (χ1) is 12.7. The van der Waals surface area contributed by atoms with Crippen LogP contribution in [0.2, 0.25) is 0 Å². The zero-order valence-electron chi connectivity index (χ0n) is 16.0. The molecule has 1 N–H and O–H groups in total. The lowest BCUT2D eigenvalue weighted by Gasteiger charge is -2.20. The maximum absolute atomic E-state index is 12.5. The lowest BCUT2D eigenvalue weighted by Crippen LogP contribution is -2.30. The second-order valence-corrected chi connectivity index (χ2v) is 8.22. The highest BCUT2D eigenvalue weighted by molar-refractivity contribution is 7.89. The Hall–Kier alpha value is -2.45. The molecule has 0 radical (unpaired) electrons. The van der Waals surface area contributed by atoms with Crippen molar-refractivity contribution in [3.05, 3.63) is 63.7 Å². The quantitative estimate of drug-likeness (QED) is 0.540. The molecule has 7 nitrogen and oxygen atoms in total. The van der Waals surface area contributed by atoms with Crippen molar-refractivity contribution >= 4 is 21.4 Å². The molecular formula is C19H25N3O4S. The van der Waals surface area contributed by atoms with E-state index >= 15 is 0 Å². The summed E-state index contributed by atoms with van der Waals surface area (Å²) in [5.41, 5.74) is 2.35. The largest absolute Gasteiger partial charge is 0.379 e. The summed E-state index contributed by atoms with van der Waals surface area (Å²) in [5, 5.41) is 14.2. The lowest BCUT2D eigenvalue weighted by atomic mass is 10.1. The van der Waals surface area contributed by atoms with Gasteiger partial charge in [0, 0.05) is 36.4 Å². The van der Waals surface area contributed by atoms with Gasteiger partial charge in [0.05, 0.1) is 9.82 Å². The molecule has 2 aromatic carbocycles. The van der Waals surface area contributed by atoms with E-state index in [1.165, 1.54) is 10.4 Å². The molecule has 0 aromatic heterocycles. The van der Waals surface area contributed by atoms with E-state index in [4.69, 9.17) is 0 Å². The molecular weight excluding hydrogens is 366 g/mol. The monoisotopic (exact) mass is 391 g/mol. The summed E-state index contributed by atoms with van der Waals surface area (Å²) in [4.78, 5) is 10.8. The SMILES string of the molecule is CCN(CC)S(=O)(=O)c1ccc(C(C)Nc2ccc([N+](=O)[O-])c(C)c2)cc1. The minimum absolute atomic E-state index is 0.0826. The number of nitrogens with one attached hydrogen (secondary N) is 1. The number of nitrogens with zero attached hydrogens (tertiary/aromatic N) is 2. The highest BCUT2D eigenvalue weighted by atomic mass is 32.2. The topological polar surface area (TPSA) is 92.6 Å². The second kappa shape index (κ2) is 8.49. The van der Waals surface area contributed by atoms with Crippen LogP contribution in [0.25, 0.3) is 0 Å². The highest BCUT2D eigenvalue weighted by Gasteiger charge is 2.21. The van der Waals surface area contributed by atoms with Crippen molar-refractivity contribution in [3.63, 3.8) is 0 Å².